The van der Waals surface area contributed by atoms with Gasteiger partial charge in [0.05, 0.1) is 0 Å². The number of nitrogens with zero attached hydrogens (tertiary/aromatic N) is 1. The van der Waals surface area contributed by atoms with Gasteiger partial charge in [-0.25, -0.2) is 0 Å². The van der Waals surface area contributed by atoms with E-state index in [9.17, 15) is 0 Å². The predicted octanol–water partition coefficient (Wildman–Crippen LogP) is 1.46. The third-order valence-electron chi connectivity index (χ3n) is 2.47. The lowest BCUT2D eigenvalue weighted by atomic mass is 10.1. The van der Waals surface area contributed by atoms with Crippen molar-refractivity contribution in [3.63, 3.8) is 0 Å². The van der Waals surface area contributed by atoms with E-state index in [0.717, 1.165) is 25.0 Å². The molecule has 0 atom stereocenters. The first-order valence-corrected chi connectivity index (χ1v) is 5.18. The summed E-state index contributed by atoms with van der Waals surface area (Å²) in [6.45, 7) is 7.73. The van der Waals surface area contributed by atoms with Crippen molar-refractivity contribution in [2.24, 2.45) is 11.7 Å². The summed E-state index contributed by atoms with van der Waals surface area (Å²) in [5.41, 5.74) is 5.56. The van der Waals surface area contributed by atoms with Crippen LogP contribution in [0.1, 0.15) is 33.1 Å². The van der Waals surface area contributed by atoms with Crippen molar-refractivity contribution in [1.82, 2.24) is 4.90 Å². The summed E-state index contributed by atoms with van der Waals surface area (Å²) in [5, 5.41) is 0. The molecule has 0 aromatic carbocycles. The summed E-state index contributed by atoms with van der Waals surface area (Å²) in [4.78, 5) is 2.56. The van der Waals surface area contributed by atoms with Crippen molar-refractivity contribution < 1.29 is 0 Å². The first-order valence-electron chi connectivity index (χ1n) is 5.18. The van der Waals surface area contributed by atoms with Crippen LogP contribution in [0.2, 0.25) is 0 Å². The molecule has 1 saturated carbocycles. The van der Waals surface area contributed by atoms with Crippen LogP contribution in [0, 0.1) is 5.92 Å². The highest BCUT2D eigenvalue weighted by Crippen LogP contribution is 2.26. The summed E-state index contributed by atoms with van der Waals surface area (Å²) in [6, 6.07) is 0.882. The zero-order chi connectivity index (χ0) is 8.97. The molecule has 0 heterocycles. The largest absolute Gasteiger partial charge is 0.329 e. The van der Waals surface area contributed by atoms with Crippen LogP contribution in [0.25, 0.3) is 0 Å². The average Bonchev–Trinajstić information content (AvgIpc) is 2.79. The predicted molar refractivity (Wildman–Crippen MR) is 53.1 cm³/mol. The smallest absolute Gasteiger partial charge is 0.0108 e. The first kappa shape index (κ1) is 10.0. The summed E-state index contributed by atoms with van der Waals surface area (Å²) < 4.78 is 0. The Bertz CT molecular complexity index is 119. The lowest BCUT2D eigenvalue weighted by Gasteiger charge is -2.21. The second kappa shape index (κ2) is 4.83. The van der Waals surface area contributed by atoms with Crippen molar-refractivity contribution in [3.8, 4) is 0 Å². The van der Waals surface area contributed by atoms with E-state index in [1.54, 1.807) is 0 Å². The Labute approximate surface area is 76.1 Å². The molecule has 0 unspecified atom stereocenters. The van der Waals surface area contributed by atoms with Gasteiger partial charge in [0.15, 0.2) is 0 Å². The minimum absolute atomic E-state index is 0.814. The van der Waals surface area contributed by atoms with Crippen molar-refractivity contribution >= 4 is 0 Å². The topological polar surface area (TPSA) is 29.3 Å². The molecule has 2 nitrogen and oxygen atoms in total. The third-order valence-corrected chi connectivity index (χ3v) is 2.47. The molecule has 12 heavy (non-hydrogen) atoms. The maximum Gasteiger partial charge on any atom is 0.0108 e. The highest BCUT2D eigenvalue weighted by Gasteiger charge is 2.27. The van der Waals surface area contributed by atoms with Crippen LogP contribution in [0.4, 0.5) is 0 Å². The van der Waals surface area contributed by atoms with Crippen molar-refractivity contribution in [2.75, 3.05) is 19.6 Å². The molecular formula is C10H22N2. The molecule has 0 bridgehead atoms. The van der Waals surface area contributed by atoms with E-state index in [0.29, 0.717) is 0 Å². The summed E-state index contributed by atoms with van der Waals surface area (Å²) in [7, 11) is 0. The van der Waals surface area contributed by atoms with E-state index < -0.39 is 0 Å². The number of rotatable bonds is 6. The van der Waals surface area contributed by atoms with Crippen molar-refractivity contribution in [2.45, 2.75) is 39.2 Å². The highest BCUT2D eigenvalue weighted by molar-refractivity contribution is 4.84. The number of nitrogens with two attached hydrogens (primary N) is 1. The van der Waals surface area contributed by atoms with Gasteiger partial charge >= 0.3 is 0 Å². The molecule has 0 aromatic rings. The Balaban J connectivity index is 2.13. The molecule has 0 spiro atoms. The Morgan fingerprint density at radius 3 is 2.42 bits per heavy atom. The number of hydrogen-bond acceptors (Lipinski definition) is 2. The fraction of sp³-hybridized carbons (Fsp3) is 1.00. The Morgan fingerprint density at radius 1 is 1.33 bits per heavy atom. The molecule has 1 aliphatic rings. The third kappa shape index (κ3) is 3.55. The molecule has 0 saturated heterocycles. The Kier molecular flexibility index (Phi) is 4.02. The monoisotopic (exact) mass is 170 g/mol. The fourth-order valence-electron chi connectivity index (χ4n) is 1.51. The van der Waals surface area contributed by atoms with Gasteiger partial charge in [-0.1, -0.05) is 13.8 Å². The molecule has 1 fully saturated rings. The molecule has 0 aromatic heterocycles. The van der Waals surface area contributed by atoms with Crippen LogP contribution >= 0.6 is 0 Å². The normalized spacial score (nSPS) is 17.8. The van der Waals surface area contributed by atoms with Gasteiger partial charge < -0.3 is 5.73 Å². The lowest BCUT2D eigenvalue weighted by Crippen LogP contribution is -2.32. The second-order valence-corrected chi connectivity index (χ2v) is 4.24. The van der Waals surface area contributed by atoms with Crippen LogP contribution in [-0.4, -0.2) is 30.6 Å². The average molecular weight is 170 g/mol. The maximum absolute atomic E-state index is 5.56. The second-order valence-electron chi connectivity index (χ2n) is 4.24. The lowest BCUT2D eigenvalue weighted by molar-refractivity contribution is 0.254. The van der Waals surface area contributed by atoms with Crippen LogP contribution in [-0.2, 0) is 0 Å². The zero-order valence-electron chi connectivity index (χ0n) is 8.42. The minimum atomic E-state index is 0.814. The van der Waals surface area contributed by atoms with Crippen LogP contribution in [0.5, 0.6) is 0 Å². The molecule has 1 rings (SSSR count). The van der Waals surface area contributed by atoms with Gasteiger partial charge in [-0.15, -0.1) is 0 Å². The van der Waals surface area contributed by atoms with E-state index >= 15 is 0 Å². The van der Waals surface area contributed by atoms with Crippen LogP contribution in [0.3, 0.4) is 0 Å². The van der Waals surface area contributed by atoms with Gasteiger partial charge in [0.1, 0.15) is 0 Å². The van der Waals surface area contributed by atoms with E-state index in [1.807, 2.05) is 0 Å². The van der Waals surface area contributed by atoms with E-state index in [-0.39, 0.29) is 0 Å². The molecule has 72 valence electrons. The molecule has 0 aliphatic heterocycles. The standard InChI is InChI=1S/C10H22N2/c1-9(2)5-7-12(8-6-11)10-3-4-10/h9-10H,3-8,11H2,1-2H3. The fourth-order valence-corrected chi connectivity index (χ4v) is 1.51. The van der Waals surface area contributed by atoms with Crippen LogP contribution in [0.15, 0.2) is 0 Å². The number of hydrogen-bond donors (Lipinski definition) is 1. The maximum atomic E-state index is 5.56. The SMILES string of the molecule is CC(C)CCN(CCN)C1CC1. The van der Waals surface area contributed by atoms with E-state index in [2.05, 4.69) is 18.7 Å². The summed E-state index contributed by atoms with van der Waals surface area (Å²) >= 11 is 0. The molecule has 0 amide bonds. The van der Waals surface area contributed by atoms with Gasteiger partial charge in [-0.3, -0.25) is 4.90 Å². The van der Waals surface area contributed by atoms with Gasteiger partial charge in [-0.2, -0.15) is 0 Å². The molecular weight excluding hydrogens is 148 g/mol. The van der Waals surface area contributed by atoms with E-state index in [4.69, 9.17) is 5.73 Å². The summed E-state index contributed by atoms with van der Waals surface area (Å²) in [6.07, 6.45) is 4.12. The van der Waals surface area contributed by atoms with Crippen molar-refractivity contribution in [3.05, 3.63) is 0 Å². The van der Waals surface area contributed by atoms with Gasteiger partial charge in [0.25, 0.3) is 0 Å². The Hall–Kier alpha value is -0.0800. The first-order chi connectivity index (χ1) is 5.74. The Morgan fingerprint density at radius 2 is 2.00 bits per heavy atom. The highest BCUT2D eigenvalue weighted by atomic mass is 15.2. The zero-order valence-corrected chi connectivity index (χ0v) is 8.42. The quantitative estimate of drug-likeness (QED) is 0.654. The van der Waals surface area contributed by atoms with Gasteiger partial charge in [-0.05, 0) is 31.7 Å². The van der Waals surface area contributed by atoms with Crippen molar-refractivity contribution in [1.29, 1.82) is 0 Å². The van der Waals surface area contributed by atoms with Gasteiger partial charge in [0, 0.05) is 19.1 Å². The van der Waals surface area contributed by atoms with Crippen LogP contribution < -0.4 is 5.73 Å². The molecule has 0 radical (unpaired) electrons. The summed E-state index contributed by atoms with van der Waals surface area (Å²) in [5.74, 6) is 0.823. The van der Waals surface area contributed by atoms with Gasteiger partial charge in [0.2, 0.25) is 0 Å². The molecule has 2 heteroatoms. The van der Waals surface area contributed by atoms with E-state index in [1.165, 1.54) is 25.8 Å². The minimum Gasteiger partial charge on any atom is -0.329 e. The molecule has 1 aliphatic carbocycles. The molecule has 2 N–H and O–H groups in total.